The topological polar surface area (TPSA) is 55.1 Å². The van der Waals surface area contributed by atoms with E-state index in [9.17, 15) is 9.90 Å². The lowest BCUT2D eigenvalue weighted by Crippen LogP contribution is -2.27. The van der Waals surface area contributed by atoms with Crippen LogP contribution in [0.1, 0.15) is 26.0 Å². The van der Waals surface area contributed by atoms with Gasteiger partial charge < -0.3 is 9.90 Å². The molecule has 1 heterocycles. The Hall–Kier alpha value is -2.62. The van der Waals surface area contributed by atoms with Gasteiger partial charge in [-0.3, -0.25) is 4.68 Å². The van der Waals surface area contributed by atoms with Gasteiger partial charge in [-0.15, -0.1) is 0 Å². The molecule has 1 atom stereocenters. The summed E-state index contributed by atoms with van der Waals surface area (Å²) >= 11 is 0. The van der Waals surface area contributed by atoms with Crippen molar-refractivity contribution in [3.8, 4) is 17.0 Å². The van der Waals surface area contributed by atoms with E-state index in [1.54, 1.807) is 0 Å². The fraction of sp³-hybridized carbons (Fsp3) is 0.300. The minimum atomic E-state index is -0.898. The molecular formula is C20H22N2O2. The Bertz CT molecular complexity index is 787. The number of rotatable bonds is 5. The predicted octanol–water partition coefficient (Wildman–Crippen LogP) is 3.86. The lowest BCUT2D eigenvalue weighted by atomic mass is 9.79. The summed E-state index contributed by atoms with van der Waals surface area (Å²) in [6, 6.07) is 9.69. The summed E-state index contributed by atoms with van der Waals surface area (Å²) in [5.41, 5.74) is 1.09. The Morgan fingerprint density at radius 2 is 2.04 bits per heavy atom. The molecular weight excluding hydrogens is 300 g/mol. The highest BCUT2D eigenvalue weighted by molar-refractivity contribution is 5.78. The third-order valence-corrected chi connectivity index (χ3v) is 4.26. The van der Waals surface area contributed by atoms with Crippen LogP contribution in [0.15, 0.2) is 54.6 Å². The predicted molar refractivity (Wildman–Crippen MR) is 94.8 cm³/mol. The SMILES string of the molecule is CC(C)Cn1nc(C2(C=O)C=CC=CC2)c(O)c1-c1ccccc1. The number of benzene rings is 1. The number of carbonyl (C=O) groups excluding carboxylic acids is 1. The van der Waals surface area contributed by atoms with Crippen LogP contribution in [0.4, 0.5) is 0 Å². The van der Waals surface area contributed by atoms with Crippen molar-refractivity contribution >= 4 is 6.29 Å². The van der Waals surface area contributed by atoms with Gasteiger partial charge in [0.05, 0.1) is 5.41 Å². The Balaban J connectivity index is 2.19. The van der Waals surface area contributed by atoms with Gasteiger partial charge in [-0.25, -0.2) is 0 Å². The van der Waals surface area contributed by atoms with Gasteiger partial charge in [0, 0.05) is 12.1 Å². The molecule has 0 saturated carbocycles. The molecule has 1 aliphatic carbocycles. The summed E-state index contributed by atoms with van der Waals surface area (Å²) in [5.74, 6) is 0.461. The van der Waals surface area contributed by atoms with Crippen LogP contribution in [-0.4, -0.2) is 21.2 Å². The van der Waals surface area contributed by atoms with Gasteiger partial charge in [-0.1, -0.05) is 68.5 Å². The van der Waals surface area contributed by atoms with E-state index in [-0.39, 0.29) is 5.75 Å². The molecule has 0 fully saturated rings. The van der Waals surface area contributed by atoms with Crippen molar-refractivity contribution in [3.05, 3.63) is 60.3 Å². The Kier molecular flexibility index (Phi) is 4.38. The van der Waals surface area contributed by atoms with Crippen molar-refractivity contribution in [2.24, 2.45) is 5.92 Å². The summed E-state index contributed by atoms with van der Waals surface area (Å²) in [5, 5.41) is 15.6. The fourth-order valence-corrected chi connectivity index (χ4v) is 3.08. The van der Waals surface area contributed by atoms with Gasteiger partial charge in [0.25, 0.3) is 0 Å². The number of nitrogens with zero attached hydrogens (tertiary/aromatic N) is 2. The highest BCUT2D eigenvalue weighted by Crippen LogP contribution is 2.41. The first kappa shape index (κ1) is 16.2. The van der Waals surface area contributed by atoms with Crippen LogP contribution in [0, 0.1) is 5.92 Å². The Labute approximate surface area is 142 Å². The van der Waals surface area contributed by atoms with E-state index in [4.69, 9.17) is 0 Å². The molecule has 0 aliphatic heterocycles. The largest absolute Gasteiger partial charge is 0.504 e. The standard InChI is InChI=1S/C20H22N2O2/c1-15(2)13-22-17(16-9-5-3-6-10-16)18(24)19(21-22)20(14-23)11-7-4-8-12-20/h3-11,14-15,24H,12-13H2,1-2H3. The van der Waals surface area contributed by atoms with E-state index in [2.05, 4.69) is 18.9 Å². The molecule has 2 aromatic rings. The average molecular weight is 322 g/mol. The Morgan fingerprint density at radius 3 is 2.62 bits per heavy atom. The third kappa shape index (κ3) is 2.80. The maximum Gasteiger partial charge on any atom is 0.166 e. The highest BCUT2D eigenvalue weighted by atomic mass is 16.3. The number of aldehydes is 1. The second-order valence-electron chi connectivity index (χ2n) is 6.64. The number of allylic oxidation sites excluding steroid dienone is 4. The number of aromatic nitrogens is 2. The van der Waals surface area contributed by atoms with E-state index >= 15 is 0 Å². The smallest absolute Gasteiger partial charge is 0.166 e. The lowest BCUT2D eigenvalue weighted by molar-refractivity contribution is -0.111. The molecule has 124 valence electrons. The Morgan fingerprint density at radius 1 is 1.29 bits per heavy atom. The summed E-state index contributed by atoms with van der Waals surface area (Å²) in [6.07, 6.45) is 8.87. The van der Waals surface area contributed by atoms with Crippen LogP contribution < -0.4 is 0 Å². The maximum atomic E-state index is 11.9. The van der Waals surface area contributed by atoms with Crippen molar-refractivity contribution in [1.29, 1.82) is 0 Å². The first-order valence-electron chi connectivity index (χ1n) is 8.24. The highest BCUT2D eigenvalue weighted by Gasteiger charge is 2.37. The zero-order chi connectivity index (χ0) is 17.2. The van der Waals surface area contributed by atoms with Crippen molar-refractivity contribution < 1.29 is 9.90 Å². The molecule has 0 spiro atoms. The van der Waals surface area contributed by atoms with Crippen LogP contribution >= 0.6 is 0 Å². The van der Waals surface area contributed by atoms with E-state index < -0.39 is 5.41 Å². The molecule has 0 amide bonds. The summed E-state index contributed by atoms with van der Waals surface area (Å²) < 4.78 is 1.82. The number of hydrogen-bond donors (Lipinski definition) is 1. The van der Waals surface area contributed by atoms with Gasteiger partial charge in [0.1, 0.15) is 17.7 Å². The second-order valence-corrected chi connectivity index (χ2v) is 6.64. The van der Waals surface area contributed by atoms with Crippen molar-refractivity contribution in [2.45, 2.75) is 32.2 Å². The summed E-state index contributed by atoms with van der Waals surface area (Å²) in [7, 11) is 0. The molecule has 1 aromatic heterocycles. The molecule has 4 heteroatoms. The zero-order valence-corrected chi connectivity index (χ0v) is 14.0. The van der Waals surface area contributed by atoms with Gasteiger partial charge in [-0.2, -0.15) is 5.10 Å². The summed E-state index contributed by atoms with van der Waals surface area (Å²) in [6.45, 7) is 4.88. The van der Waals surface area contributed by atoms with E-state index in [0.717, 1.165) is 11.8 Å². The number of carbonyl (C=O) groups is 1. The van der Waals surface area contributed by atoms with Gasteiger partial charge in [-0.05, 0) is 12.3 Å². The molecule has 1 unspecified atom stereocenters. The zero-order valence-electron chi connectivity index (χ0n) is 14.0. The fourth-order valence-electron chi connectivity index (χ4n) is 3.08. The second kappa shape index (κ2) is 6.48. The lowest BCUT2D eigenvalue weighted by Gasteiger charge is -2.22. The normalized spacial score (nSPS) is 19.8. The maximum absolute atomic E-state index is 11.9. The van der Waals surface area contributed by atoms with E-state index in [0.29, 0.717) is 30.3 Å². The van der Waals surface area contributed by atoms with E-state index in [1.165, 1.54) is 0 Å². The monoisotopic (exact) mass is 322 g/mol. The first-order valence-corrected chi connectivity index (χ1v) is 8.24. The van der Waals surface area contributed by atoms with Gasteiger partial charge in [0.15, 0.2) is 5.75 Å². The average Bonchev–Trinajstić information content (AvgIpc) is 2.92. The van der Waals surface area contributed by atoms with E-state index in [1.807, 2.05) is 59.3 Å². The van der Waals surface area contributed by atoms with Crippen LogP contribution in [-0.2, 0) is 16.8 Å². The van der Waals surface area contributed by atoms with Crippen molar-refractivity contribution in [2.75, 3.05) is 0 Å². The van der Waals surface area contributed by atoms with Crippen molar-refractivity contribution in [1.82, 2.24) is 9.78 Å². The van der Waals surface area contributed by atoms with Crippen LogP contribution in [0.5, 0.6) is 5.75 Å². The minimum Gasteiger partial charge on any atom is -0.504 e. The van der Waals surface area contributed by atoms with Crippen LogP contribution in [0.25, 0.3) is 11.3 Å². The van der Waals surface area contributed by atoms with Crippen LogP contribution in [0.3, 0.4) is 0 Å². The molecule has 1 aromatic carbocycles. The first-order chi connectivity index (χ1) is 11.6. The van der Waals surface area contributed by atoms with Gasteiger partial charge in [0.2, 0.25) is 0 Å². The minimum absolute atomic E-state index is 0.0916. The molecule has 3 rings (SSSR count). The quantitative estimate of drug-likeness (QED) is 0.850. The molecule has 1 aliphatic rings. The number of aromatic hydroxyl groups is 1. The molecule has 0 saturated heterocycles. The third-order valence-electron chi connectivity index (χ3n) is 4.26. The molecule has 4 nitrogen and oxygen atoms in total. The van der Waals surface area contributed by atoms with Gasteiger partial charge >= 0.3 is 0 Å². The summed E-state index contributed by atoms with van der Waals surface area (Å²) in [4.78, 5) is 11.9. The molecule has 24 heavy (non-hydrogen) atoms. The van der Waals surface area contributed by atoms with Crippen LogP contribution in [0.2, 0.25) is 0 Å². The number of hydrogen-bond acceptors (Lipinski definition) is 3. The van der Waals surface area contributed by atoms with Crippen molar-refractivity contribution in [3.63, 3.8) is 0 Å². The molecule has 1 N–H and O–H groups in total. The molecule has 0 bridgehead atoms. The molecule has 0 radical (unpaired) electrons.